The van der Waals surface area contributed by atoms with Crippen LogP contribution in [0.5, 0.6) is 5.75 Å². The van der Waals surface area contributed by atoms with E-state index in [1.165, 1.54) is 0 Å². The molecule has 0 N–H and O–H groups in total. The van der Waals surface area contributed by atoms with Crippen LogP contribution in [-0.2, 0) is 0 Å². The van der Waals surface area contributed by atoms with Crippen molar-refractivity contribution in [2.45, 2.75) is 13.8 Å². The first-order valence-electron chi connectivity index (χ1n) is 4.19. The lowest BCUT2D eigenvalue weighted by molar-refractivity contribution is 0.105. The normalized spacial score (nSPS) is 9.29. The maximum Gasteiger partial charge on any atom is 0.262 e. The van der Waals surface area contributed by atoms with E-state index < -0.39 is 5.78 Å². The van der Waals surface area contributed by atoms with E-state index in [1.807, 2.05) is 13.8 Å². The van der Waals surface area contributed by atoms with Gasteiger partial charge in [-0.15, -0.1) is 0 Å². The van der Waals surface area contributed by atoms with Crippen LogP contribution in [0, 0.1) is 25.2 Å². The lowest BCUT2D eigenvalue weighted by Crippen LogP contribution is -1.99. The number of ether oxygens (including phenoxy) is 1. The van der Waals surface area contributed by atoms with Gasteiger partial charge < -0.3 is 4.74 Å². The van der Waals surface area contributed by atoms with Crippen LogP contribution in [0.1, 0.15) is 21.5 Å². The number of rotatable bonds is 2. The third kappa shape index (κ3) is 1.74. The number of aryl methyl sites for hydroxylation is 2. The average Bonchev–Trinajstić information content (AvgIpc) is 2.16. The first-order valence-corrected chi connectivity index (χ1v) is 4.19. The Hall–Kier alpha value is -1.82. The first kappa shape index (κ1) is 10.3. The van der Waals surface area contributed by atoms with Crippen LogP contribution >= 0.6 is 0 Å². The second-order valence-electron chi connectivity index (χ2n) is 3.08. The first-order chi connectivity index (χ1) is 6.60. The van der Waals surface area contributed by atoms with Gasteiger partial charge in [-0.1, -0.05) is 0 Å². The summed E-state index contributed by atoms with van der Waals surface area (Å²) in [6.45, 7) is 3.69. The van der Waals surface area contributed by atoms with Gasteiger partial charge in [-0.3, -0.25) is 4.79 Å². The fourth-order valence-electron chi connectivity index (χ4n) is 1.47. The largest absolute Gasteiger partial charge is 0.496 e. The highest BCUT2D eigenvalue weighted by molar-refractivity contribution is 6.07. The van der Waals surface area contributed by atoms with E-state index in [1.54, 1.807) is 25.3 Å². The number of methoxy groups -OCH3 is 1. The standard InChI is InChI=1S/C11H11NO2/c1-7-4-9(10(13)6-12)5-8(2)11(7)14-3/h4-5H,1-3H3. The molecule has 0 fully saturated rings. The Bertz CT molecular complexity index is 393. The zero-order valence-electron chi connectivity index (χ0n) is 8.42. The van der Waals surface area contributed by atoms with Crippen molar-refractivity contribution in [2.24, 2.45) is 0 Å². The molecule has 3 heteroatoms. The predicted molar refractivity (Wildman–Crippen MR) is 52.4 cm³/mol. The number of carbonyl (C=O) groups excluding carboxylic acids is 1. The average molecular weight is 189 g/mol. The number of hydrogen-bond donors (Lipinski definition) is 0. The zero-order valence-corrected chi connectivity index (χ0v) is 8.42. The minimum Gasteiger partial charge on any atom is -0.496 e. The van der Waals surface area contributed by atoms with Crippen LogP contribution in [0.2, 0.25) is 0 Å². The number of hydrogen-bond acceptors (Lipinski definition) is 3. The Labute approximate surface area is 82.9 Å². The molecule has 0 unspecified atom stereocenters. The summed E-state index contributed by atoms with van der Waals surface area (Å²) in [5.74, 6) is 0.248. The molecule has 72 valence electrons. The minimum absolute atomic E-state index is 0.420. The van der Waals surface area contributed by atoms with Crippen LogP contribution in [0.4, 0.5) is 0 Å². The summed E-state index contributed by atoms with van der Waals surface area (Å²) < 4.78 is 5.15. The van der Waals surface area contributed by atoms with Gasteiger partial charge in [0.2, 0.25) is 0 Å². The third-order valence-electron chi connectivity index (χ3n) is 2.03. The number of ketones is 1. The van der Waals surface area contributed by atoms with Crippen molar-refractivity contribution in [2.75, 3.05) is 7.11 Å². The fourth-order valence-corrected chi connectivity index (χ4v) is 1.47. The second kappa shape index (κ2) is 3.93. The number of carbonyl (C=O) groups is 1. The van der Waals surface area contributed by atoms with Crippen LogP contribution in [0.25, 0.3) is 0 Å². The Balaban J connectivity index is 3.29. The van der Waals surface area contributed by atoms with Gasteiger partial charge in [-0.05, 0) is 37.1 Å². The summed E-state index contributed by atoms with van der Waals surface area (Å²) >= 11 is 0. The highest BCUT2D eigenvalue weighted by Gasteiger charge is 2.09. The van der Waals surface area contributed by atoms with Gasteiger partial charge in [-0.25, -0.2) is 0 Å². The molecule has 3 nitrogen and oxygen atoms in total. The second-order valence-corrected chi connectivity index (χ2v) is 3.08. The van der Waals surface area contributed by atoms with Gasteiger partial charge in [0.1, 0.15) is 11.8 Å². The van der Waals surface area contributed by atoms with Crippen LogP contribution in [0.15, 0.2) is 12.1 Å². The van der Waals surface area contributed by atoms with Gasteiger partial charge in [0, 0.05) is 5.56 Å². The summed E-state index contributed by atoms with van der Waals surface area (Å²) in [5, 5.41) is 8.47. The molecule has 0 saturated heterocycles. The van der Waals surface area contributed by atoms with Crippen molar-refractivity contribution >= 4 is 5.78 Å². The van der Waals surface area contributed by atoms with E-state index in [4.69, 9.17) is 10.00 Å². The van der Waals surface area contributed by atoms with Crippen LogP contribution in [0.3, 0.4) is 0 Å². The molecule has 0 amide bonds. The van der Waals surface area contributed by atoms with Crippen molar-refractivity contribution in [1.29, 1.82) is 5.26 Å². The molecule has 1 rings (SSSR count). The van der Waals surface area contributed by atoms with Crippen molar-refractivity contribution in [3.05, 3.63) is 28.8 Å². The number of benzene rings is 1. The molecule has 0 heterocycles. The van der Waals surface area contributed by atoms with E-state index in [9.17, 15) is 4.79 Å². The molecule has 0 aliphatic rings. The molecule has 1 aromatic carbocycles. The summed E-state index contributed by atoms with van der Waals surface area (Å²) in [5.41, 5.74) is 2.15. The molecule has 0 spiro atoms. The van der Waals surface area contributed by atoms with E-state index in [2.05, 4.69) is 0 Å². The number of Topliss-reactive ketones (excluding diaryl/α,β-unsaturated/α-hetero) is 1. The molecular formula is C11H11NO2. The lowest BCUT2D eigenvalue weighted by Gasteiger charge is -2.08. The summed E-state index contributed by atoms with van der Waals surface area (Å²) in [7, 11) is 1.58. The van der Waals surface area contributed by atoms with Gasteiger partial charge in [0.05, 0.1) is 7.11 Å². The molecule has 14 heavy (non-hydrogen) atoms. The van der Waals surface area contributed by atoms with Crippen molar-refractivity contribution in [1.82, 2.24) is 0 Å². The molecule has 0 radical (unpaired) electrons. The van der Waals surface area contributed by atoms with Gasteiger partial charge in [0.15, 0.2) is 0 Å². The van der Waals surface area contributed by atoms with Crippen molar-refractivity contribution in [3.8, 4) is 11.8 Å². The third-order valence-corrected chi connectivity index (χ3v) is 2.03. The smallest absolute Gasteiger partial charge is 0.262 e. The van der Waals surface area contributed by atoms with Crippen LogP contribution in [-0.4, -0.2) is 12.9 Å². The molecule has 0 atom stereocenters. The van der Waals surface area contributed by atoms with Gasteiger partial charge in [0.25, 0.3) is 5.78 Å². The summed E-state index contributed by atoms with van der Waals surface area (Å²) in [4.78, 5) is 11.1. The van der Waals surface area contributed by atoms with E-state index in [0.717, 1.165) is 16.9 Å². The van der Waals surface area contributed by atoms with Crippen molar-refractivity contribution in [3.63, 3.8) is 0 Å². The number of nitriles is 1. The van der Waals surface area contributed by atoms with E-state index in [-0.39, 0.29) is 0 Å². The molecule has 0 aromatic heterocycles. The lowest BCUT2D eigenvalue weighted by atomic mass is 10.0. The van der Waals surface area contributed by atoms with E-state index in [0.29, 0.717) is 5.56 Å². The minimum atomic E-state index is -0.515. The zero-order chi connectivity index (χ0) is 10.7. The van der Waals surface area contributed by atoms with Crippen LogP contribution < -0.4 is 4.74 Å². The van der Waals surface area contributed by atoms with Gasteiger partial charge >= 0.3 is 0 Å². The Kier molecular flexibility index (Phi) is 2.88. The SMILES string of the molecule is COc1c(C)cc(C(=O)C#N)cc1C. The quantitative estimate of drug-likeness (QED) is 0.528. The summed E-state index contributed by atoms with van der Waals surface area (Å²) in [6, 6.07) is 4.92. The van der Waals surface area contributed by atoms with Gasteiger partial charge in [-0.2, -0.15) is 5.26 Å². The Morgan fingerprint density at radius 3 is 2.21 bits per heavy atom. The molecule has 1 aromatic rings. The van der Waals surface area contributed by atoms with E-state index >= 15 is 0 Å². The number of nitrogens with zero attached hydrogens (tertiary/aromatic N) is 1. The Morgan fingerprint density at radius 2 is 1.86 bits per heavy atom. The molecule has 0 bridgehead atoms. The predicted octanol–water partition coefficient (Wildman–Crippen LogP) is 2.02. The highest BCUT2D eigenvalue weighted by atomic mass is 16.5. The summed E-state index contributed by atoms with van der Waals surface area (Å²) in [6.07, 6.45) is 0. The molecular weight excluding hydrogens is 178 g/mol. The topological polar surface area (TPSA) is 50.1 Å². The maximum atomic E-state index is 11.1. The maximum absolute atomic E-state index is 11.1. The molecule has 0 saturated carbocycles. The fraction of sp³-hybridized carbons (Fsp3) is 0.273. The Morgan fingerprint density at radius 1 is 1.36 bits per heavy atom. The monoisotopic (exact) mass is 189 g/mol. The highest BCUT2D eigenvalue weighted by Crippen LogP contribution is 2.24. The molecule has 0 aliphatic heterocycles. The molecule has 0 aliphatic carbocycles. The van der Waals surface area contributed by atoms with Crippen molar-refractivity contribution < 1.29 is 9.53 Å².